The summed E-state index contributed by atoms with van der Waals surface area (Å²) in [5, 5.41) is 0. The molecule has 2 aliphatic heterocycles. The number of carbonyl (C=O) groups excluding carboxylic acids is 1. The van der Waals surface area contributed by atoms with Crippen molar-refractivity contribution in [1.82, 2.24) is 13.5 Å². The maximum absolute atomic E-state index is 12.9. The largest absolute Gasteiger partial charge is 0.336 e. The number of nitrogens with zero attached hydrogens (tertiary/aromatic N) is 3. The molecule has 3 rings (SSSR count). The lowest BCUT2D eigenvalue weighted by atomic mass is 10.0. The Kier molecular flexibility index (Phi) is 5.99. The summed E-state index contributed by atoms with van der Waals surface area (Å²) in [5.74, 6) is -0.00183. The maximum Gasteiger partial charge on any atom is 0.282 e. The van der Waals surface area contributed by atoms with Gasteiger partial charge in [0.25, 0.3) is 16.1 Å². The topological polar surface area (TPSA) is 60.9 Å². The van der Waals surface area contributed by atoms with Crippen LogP contribution in [0.15, 0.2) is 18.2 Å². The molecule has 1 aromatic rings. The predicted molar refractivity (Wildman–Crippen MR) is 102 cm³/mol. The first kappa shape index (κ1) is 19.3. The van der Waals surface area contributed by atoms with Gasteiger partial charge in [-0.3, -0.25) is 4.79 Å². The van der Waals surface area contributed by atoms with Crippen LogP contribution in [0.3, 0.4) is 0 Å². The molecule has 0 N–H and O–H groups in total. The van der Waals surface area contributed by atoms with Crippen molar-refractivity contribution in [3.63, 3.8) is 0 Å². The average Bonchev–Trinajstić information content (AvgIpc) is 2.93. The molecule has 26 heavy (non-hydrogen) atoms. The highest BCUT2D eigenvalue weighted by Crippen LogP contribution is 2.20. The fourth-order valence-electron chi connectivity index (χ4n) is 3.71. The Morgan fingerprint density at radius 2 is 1.42 bits per heavy atom. The fraction of sp³-hybridized carbons (Fsp3) is 0.632. The molecule has 0 spiro atoms. The first-order valence-electron chi connectivity index (χ1n) is 9.52. The summed E-state index contributed by atoms with van der Waals surface area (Å²) in [6, 6.07) is 5.75. The zero-order chi connectivity index (χ0) is 18.7. The lowest BCUT2D eigenvalue weighted by Crippen LogP contribution is -2.54. The van der Waals surface area contributed by atoms with Crippen molar-refractivity contribution in [3.05, 3.63) is 34.9 Å². The summed E-state index contributed by atoms with van der Waals surface area (Å²) in [7, 11) is -3.41. The number of piperazine rings is 1. The molecule has 144 valence electrons. The van der Waals surface area contributed by atoms with Crippen LogP contribution in [0, 0.1) is 13.8 Å². The van der Waals surface area contributed by atoms with Crippen LogP contribution >= 0.6 is 0 Å². The van der Waals surface area contributed by atoms with Gasteiger partial charge in [0.1, 0.15) is 0 Å². The number of amides is 1. The highest BCUT2D eigenvalue weighted by Gasteiger charge is 2.33. The average molecular weight is 380 g/mol. The van der Waals surface area contributed by atoms with Gasteiger partial charge in [-0.25, -0.2) is 0 Å². The molecule has 0 unspecified atom stereocenters. The summed E-state index contributed by atoms with van der Waals surface area (Å²) in [4.78, 5) is 14.6. The van der Waals surface area contributed by atoms with Gasteiger partial charge in [-0.05, 0) is 43.9 Å². The molecule has 6 nitrogen and oxygen atoms in total. The standard InChI is InChI=1S/C19H29N3O3S/c1-16-8-7-9-18(17(16)2)19(23)20-12-14-22(15-13-20)26(24,25)21-10-5-3-4-6-11-21/h7-9H,3-6,10-15H2,1-2H3. The van der Waals surface area contributed by atoms with E-state index in [1.54, 1.807) is 13.5 Å². The summed E-state index contributed by atoms with van der Waals surface area (Å²) in [5.41, 5.74) is 2.81. The first-order valence-corrected chi connectivity index (χ1v) is 10.9. The van der Waals surface area contributed by atoms with E-state index in [0.717, 1.165) is 36.8 Å². The lowest BCUT2D eigenvalue weighted by molar-refractivity contribution is 0.0693. The van der Waals surface area contributed by atoms with Gasteiger partial charge < -0.3 is 4.90 Å². The predicted octanol–water partition coefficient (Wildman–Crippen LogP) is 2.18. The van der Waals surface area contributed by atoms with Gasteiger partial charge in [-0.1, -0.05) is 25.0 Å². The smallest absolute Gasteiger partial charge is 0.282 e. The van der Waals surface area contributed by atoms with E-state index in [4.69, 9.17) is 0 Å². The van der Waals surface area contributed by atoms with E-state index in [2.05, 4.69) is 0 Å². The van der Waals surface area contributed by atoms with Crippen LogP contribution in [-0.4, -0.2) is 67.1 Å². The van der Waals surface area contributed by atoms with Crippen molar-refractivity contribution in [2.45, 2.75) is 39.5 Å². The Morgan fingerprint density at radius 3 is 2.04 bits per heavy atom. The molecule has 0 radical (unpaired) electrons. The molecule has 0 aromatic heterocycles. The van der Waals surface area contributed by atoms with Gasteiger partial charge in [-0.2, -0.15) is 17.0 Å². The zero-order valence-electron chi connectivity index (χ0n) is 15.8. The summed E-state index contributed by atoms with van der Waals surface area (Å²) < 4.78 is 28.9. The number of aryl methyl sites for hydroxylation is 1. The second-order valence-corrected chi connectivity index (χ2v) is 9.19. The normalized spacial score (nSPS) is 20.8. The Hall–Kier alpha value is -1.44. The van der Waals surface area contributed by atoms with Crippen molar-refractivity contribution >= 4 is 16.1 Å². The highest BCUT2D eigenvalue weighted by molar-refractivity contribution is 7.86. The van der Waals surface area contributed by atoms with E-state index >= 15 is 0 Å². The van der Waals surface area contributed by atoms with Crippen LogP contribution < -0.4 is 0 Å². The Balaban J connectivity index is 1.65. The van der Waals surface area contributed by atoms with Gasteiger partial charge in [0.2, 0.25) is 0 Å². The Bertz CT molecular complexity index is 747. The number of hydrogen-bond donors (Lipinski definition) is 0. The van der Waals surface area contributed by atoms with Gasteiger partial charge >= 0.3 is 0 Å². The van der Waals surface area contributed by atoms with Crippen LogP contribution in [-0.2, 0) is 10.2 Å². The van der Waals surface area contributed by atoms with Gasteiger partial charge in [0.05, 0.1) is 0 Å². The molecular weight excluding hydrogens is 350 g/mol. The molecule has 2 aliphatic rings. The quantitative estimate of drug-likeness (QED) is 0.809. The molecule has 2 saturated heterocycles. The van der Waals surface area contributed by atoms with Crippen molar-refractivity contribution < 1.29 is 13.2 Å². The maximum atomic E-state index is 12.9. The third kappa shape index (κ3) is 3.94. The van der Waals surface area contributed by atoms with Gasteiger partial charge in [0, 0.05) is 44.8 Å². The molecular formula is C19H29N3O3S. The van der Waals surface area contributed by atoms with Gasteiger partial charge in [0.15, 0.2) is 0 Å². The van der Waals surface area contributed by atoms with Crippen LogP contribution in [0.1, 0.15) is 47.2 Å². The fourth-order valence-corrected chi connectivity index (χ4v) is 5.38. The second-order valence-electron chi connectivity index (χ2n) is 7.26. The minimum Gasteiger partial charge on any atom is -0.336 e. The number of rotatable bonds is 3. The molecule has 7 heteroatoms. The van der Waals surface area contributed by atoms with Gasteiger partial charge in [-0.15, -0.1) is 0 Å². The Labute approximate surface area is 157 Å². The number of carbonyl (C=O) groups is 1. The molecule has 2 fully saturated rings. The number of hydrogen-bond acceptors (Lipinski definition) is 3. The van der Waals surface area contributed by atoms with Crippen LogP contribution in [0.25, 0.3) is 0 Å². The SMILES string of the molecule is Cc1cccc(C(=O)N2CCN(S(=O)(=O)N3CCCCCC3)CC2)c1C. The summed E-state index contributed by atoms with van der Waals surface area (Å²) in [6.07, 6.45) is 4.07. The van der Waals surface area contributed by atoms with Crippen LogP contribution in [0.4, 0.5) is 0 Å². The van der Waals surface area contributed by atoms with Crippen LogP contribution in [0.2, 0.25) is 0 Å². The lowest BCUT2D eigenvalue weighted by Gasteiger charge is -2.36. The molecule has 0 saturated carbocycles. The first-order chi connectivity index (χ1) is 12.4. The van der Waals surface area contributed by atoms with Crippen molar-refractivity contribution in [3.8, 4) is 0 Å². The molecule has 0 atom stereocenters. The van der Waals surface area contributed by atoms with E-state index in [1.165, 1.54) is 0 Å². The van der Waals surface area contributed by atoms with E-state index in [9.17, 15) is 13.2 Å². The summed E-state index contributed by atoms with van der Waals surface area (Å²) in [6.45, 7) is 6.82. The van der Waals surface area contributed by atoms with E-state index in [-0.39, 0.29) is 5.91 Å². The second kappa shape index (κ2) is 8.06. The third-order valence-corrected chi connectivity index (χ3v) is 7.61. The molecule has 0 aliphatic carbocycles. The van der Waals surface area contributed by atoms with E-state index < -0.39 is 10.2 Å². The third-order valence-electron chi connectivity index (χ3n) is 5.58. The minimum atomic E-state index is -3.41. The molecule has 0 bridgehead atoms. The van der Waals surface area contributed by atoms with Crippen molar-refractivity contribution in [2.24, 2.45) is 0 Å². The number of benzene rings is 1. The zero-order valence-corrected chi connectivity index (χ0v) is 16.6. The van der Waals surface area contributed by atoms with Crippen molar-refractivity contribution in [1.29, 1.82) is 0 Å². The van der Waals surface area contributed by atoms with E-state index in [0.29, 0.717) is 44.8 Å². The van der Waals surface area contributed by atoms with Crippen LogP contribution in [0.5, 0.6) is 0 Å². The van der Waals surface area contributed by atoms with E-state index in [1.807, 2.05) is 32.0 Å². The summed E-state index contributed by atoms with van der Waals surface area (Å²) >= 11 is 0. The highest BCUT2D eigenvalue weighted by atomic mass is 32.2. The molecule has 2 heterocycles. The molecule has 1 aromatic carbocycles. The molecule has 1 amide bonds. The minimum absolute atomic E-state index is 0.00183. The monoisotopic (exact) mass is 379 g/mol. The Morgan fingerprint density at radius 1 is 0.846 bits per heavy atom. The van der Waals surface area contributed by atoms with Crippen molar-refractivity contribution in [2.75, 3.05) is 39.3 Å².